The molecule has 6 heteroatoms. The number of piperidine rings is 1. The maximum atomic E-state index is 13.4. The first-order valence-corrected chi connectivity index (χ1v) is 6.55. The first-order valence-electron chi connectivity index (χ1n) is 6.55. The van der Waals surface area contributed by atoms with E-state index >= 15 is 0 Å². The van der Waals surface area contributed by atoms with Gasteiger partial charge >= 0.3 is 0 Å². The van der Waals surface area contributed by atoms with E-state index in [9.17, 15) is 18.4 Å². The number of hydrogen-bond acceptors (Lipinski definition) is 3. The quantitative estimate of drug-likeness (QED) is 0.859. The van der Waals surface area contributed by atoms with E-state index in [1.54, 1.807) is 4.90 Å². The fraction of sp³-hybridized carbons (Fsp3) is 0.429. The largest absolute Gasteiger partial charge is 0.320 e. The molecule has 0 saturated carbocycles. The molecule has 0 bridgehead atoms. The molecule has 1 aromatic rings. The van der Waals surface area contributed by atoms with Gasteiger partial charge in [0.15, 0.2) is 0 Å². The van der Waals surface area contributed by atoms with Crippen LogP contribution in [0.5, 0.6) is 0 Å². The van der Waals surface area contributed by atoms with Crippen LogP contribution in [0.25, 0.3) is 0 Å². The Morgan fingerprint density at radius 2 is 2.05 bits per heavy atom. The van der Waals surface area contributed by atoms with E-state index in [2.05, 4.69) is 5.32 Å². The fourth-order valence-electron chi connectivity index (χ4n) is 2.35. The van der Waals surface area contributed by atoms with Gasteiger partial charge in [0, 0.05) is 0 Å². The van der Waals surface area contributed by atoms with Crippen LogP contribution in [0.1, 0.15) is 19.3 Å². The lowest BCUT2D eigenvalue weighted by Crippen LogP contribution is -2.44. The number of likely N-dealkylation sites (tertiary alicyclic amines) is 1. The number of amides is 1. The Morgan fingerprint density at radius 3 is 2.70 bits per heavy atom. The van der Waals surface area contributed by atoms with Gasteiger partial charge in [0.1, 0.15) is 23.6 Å². The molecule has 1 heterocycles. The highest BCUT2D eigenvalue weighted by molar-refractivity contribution is 5.92. The van der Waals surface area contributed by atoms with Crippen molar-refractivity contribution in [3.63, 3.8) is 0 Å². The zero-order valence-corrected chi connectivity index (χ0v) is 10.9. The lowest BCUT2D eigenvalue weighted by atomic mass is 10.0. The van der Waals surface area contributed by atoms with Crippen LogP contribution in [0.4, 0.5) is 14.5 Å². The number of carbonyl (C=O) groups excluding carboxylic acids is 2. The Bertz CT molecular complexity index is 488. The molecule has 0 radical (unpaired) electrons. The lowest BCUT2D eigenvalue weighted by Gasteiger charge is -2.31. The smallest absolute Gasteiger partial charge is 0.238 e. The second-order valence-electron chi connectivity index (χ2n) is 4.81. The van der Waals surface area contributed by atoms with E-state index < -0.39 is 23.2 Å². The first-order chi connectivity index (χ1) is 9.61. The highest BCUT2D eigenvalue weighted by atomic mass is 19.1. The Kier molecular flexibility index (Phi) is 4.79. The van der Waals surface area contributed by atoms with Crippen LogP contribution in [0, 0.1) is 11.6 Å². The van der Waals surface area contributed by atoms with Crippen molar-refractivity contribution in [3.8, 4) is 0 Å². The molecule has 1 amide bonds. The minimum Gasteiger partial charge on any atom is -0.320 e. The maximum absolute atomic E-state index is 13.4. The van der Waals surface area contributed by atoms with Crippen LogP contribution < -0.4 is 5.32 Å². The van der Waals surface area contributed by atoms with Crippen LogP contribution in [-0.2, 0) is 9.59 Å². The van der Waals surface area contributed by atoms with Crippen molar-refractivity contribution in [3.05, 3.63) is 29.8 Å². The van der Waals surface area contributed by atoms with Crippen molar-refractivity contribution in [2.45, 2.75) is 25.3 Å². The summed E-state index contributed by atoms with van der Waals surface area (Å²) in [6.07, 6.45) is 3.39. The van der Waals surface area contributed by atoms with E-state index in [-0.39, 0.29) is 12.6 Å². The average molecular weight is 282 g/mol. The van der Waals surface area contributed by atoms with E-state index in [0.717, 1.165) is 31.3 Å². The number of carbonyl (C=O) groups is 2. The molecular weight excluding hydrogens is 266 g/mol. The van der Waals surface area contributed by atoms with Crippen molar-refractivity contribution < 1.29 is 18.4 Å². The number of nitrogens with one attached hydrogen (secondary N) is 1. The molecule has 1 fully saturated rings. The molecule has 20 heavy (non-hydrogen) atoms. The number of rotatable bonds is 4. The van der Waals surface area contributed by atoms with Gasteiger partial charge in [-0.1, -0.05) is 12.5 Å². The fourth-order valence-corrected chi connectivity index (χ4v) is 2.35. The van der Waals surface area contributed by atoms with Gasteiger partial charge in [0.2, 0.25) is 5.91 Å². The predicted molar refractivity (Wildman–Crippen MR) is 70.3 cm³/mol. The molecule has 0 aliphatic carbocycles. The van der Waals surface area contributed by atoms with Gasteiger partial charge in [-0.2, -0.15) is 0 Å². The topological polar surface area (TPSA) is 49.4 Å². The first kappa shape index (κ1) is 14.6. The van der Waals surface area contributed by atoms with Crippen LogP contribution in [0.2, 0.25) is 0 Å². The van der Waals surface area contributed by atoms with Crippen LogP contribution >= 0.6 is 0 Å². The van der Waals surface area contributed by atoms with Crippen molar-refractivity contribution in [2.24, 2.45) is 0 Å². The Morgan fingerprint density at radius 1 is 1.35 bits per heavy atom. The van der Waals surface area contributed by atoms with Gasteiger partial charge in [-0.05, 0) is 31.5 Å². The molecule has 1 aliphatic heterocycles. The predicted octanol–water partition coefficient (Wildman–Crippen LogP) is 1.96. The van der Waals surface area contributed by atoms with Crippen molar-refractivity contribution in [1.82, 2.24) is 4.90 Å². The molecule has 0 spiro atoms. The lowest BCUT2D eigenvalue weighted by molar-refractivity contribution is -0.120. The molecule has 0 aromatic heterocycles. The Labute approximate surface area is 115 Å². The van der Waals surface area contributed by atoms with Crippen LogP contribution in [0.3, 0.4) is 0 Å². The standard InChI is InChI=1S/C14H16F2N2O2/c15-11-5-3-6-12(16)14(11)17-13(20)8-18-7-2-1-4-10(18)9-19/h3,5-6,9-10H,1-2,4,7-8H2,(H,17,20). The summed E-state index contributed by atoms with van der Waals surface area (Å²) in [5.41, 5.74) is -0.447. The summed E-state index contributed by atoms with van der Waals surface area (Å²) < 4.78 is 26.8. The summed E-state index contributed by atoms with van der Waals surface area (Å²) in [5.74, 6) is -2.16. The van der Waals surface area contributed by atoms with Crippen molar-refractivity contribution >= 4 is 17.9 Å². The molecule has 1 N–H and O–H groups in total. The number of benzene rings is 1. The van der Waals surface area contributed by atoms with E-state index in [1.807, 2.05) is 0 Å². The van der Waals surface area contributed by atoms with Crippen molar-refractivity contribution in [2.75, 3.05) is 18.4 Å². The molecule has 1 aliphatic rings. The maximum Gasteiger partial charge on any atom is 0.238 e. The van der Waals surface area contributed by atoms with Gasteiger partial charge in [-0.25, -0.2) is 8.78 Å². The van der Waals surface area contributed by atoms with E-state index in [4.69, 9.17) is 0 Å². The number of aldehydes is 1. The van der Waals surface area contributed by atoms with Gasteiger partial charge in [-0.3, -0.25) is 9.69 Å². The highest BCUT2D eigenvalue weighted by Crippen LogP contribution is 2.19. The molecule has 1 aromatic carbocycles. The summed E-state index contributed by atoms with van der Waals surface area (Å²) >= 11 is 0. The third-order valence-electron chi connectivity index (χ3n) is 3.40. The normalized spacial score (nSPS) is 19.6. The molecule has 2 rings (SSSR count). The number of anilines is 1. The summed E-state index contributed by atoms with van der Waals surface area (Å²) in [7, 11) is 0. The number of halogens is 2. The molecule has 1 saturated heterocycles. The minimum absolute atomic E-state index is 0.0445. The van der Waals surface area contributed by atoms with Gasteiger partial charge < -0.3 is 10.1 Å². The third-order valence-corrected chi connectivity index (χ3v) is 3.40. The molecule has 1 unspecified atom stereocenters. The molecule has 108 valence electrons. The number of para-hydroxylation sites is 1. The Balaban J connectivity index is 2.00. The molecule has 1 atom stereocenters. The second kappa shape index (κ2) is 6.56. The molecular formula is C14H16F2N2O2. The van der Waals surface area contributed by atoms with Crippen LogP contribution in [0.15, 0.2) is 18.2 Å². The van der Waals surface area contributed by atoms with E-state index in [1.165, 1.54) is 6.07 Å². The summed E-state index contributed by atoms with van der Waals surface area (Å²) in [6.45, 7) is 0.591. The van der Waals surface area contributed by atoms with Gasteiger partial charge in [0.25, 0.3) is 0 Å². The highest BCUT2D eigenvalue weighted by Gasteiger charge is 2.24. The Hall–Kier alpha value is -1.82. The number of hydrogen-bond donors (Lipinski definition) is 1. The van der Waals surface area contributed by atoms with Gasteiger partial charge in [-0.15, -0.1) is 0 Å². The van der Waals surface area contributed by atoms with E-state index in [0.29, 0.717) is 13.0 Å². The zero-order chi connectivity index (χ0) is 14.5. The van der Waals surface area contributed by atoms with Crippen LogP contribution in [-0.4, -0.2) is 36.2 Å². The summed E-state index contributed by atoms with van der Waals surface area (Å²) in [4.78, 5) is 24.5. The SMILES string of the molecule is O=CC1CCCCN1CC(=O)Nc1c(F)cccc1F. The zero-order valence-electron chi connectivity index (χ0n) is 10.9. The monoisotopic (exact) mass is 282 g/mol. The third kappa shape index (κ3) is 3.39. The number of nitrogens with zero attached hydrogens (tertiary/aromatic N) is 1. The summed E-state index contributed by atoms with van der Waals surface area (Å²) in [6, 6.07) is 3.09. The minimum atomic E-state index is -0.816. The average Bonchev–Trinajstić information content (AvgIpc) is 2.44. The van der Waals surface area contributed by atoms with Gasteiger partial charge in [0.05, 0.1) is 12.6 Å². The van der Waals surface area contributed by atoms with Crippen molar-refractivity contribution in [1.29, 1.82) is 0 Å². The summed E-state index contributed by atoms with van der Waals surface area (Å²) in [5, 5.41) is 2.22. The molecule has 4 nitrogen and oxygen atoms in total. The second-order valence-corrected chi connectivity index (χ2v) is 4.81.